The molecule has 2 aliphatic carbocycles. The van der Waals surface area contributed by atoms with Gasteiger partial charge in [-0.25, -0.2) is 0 Å². The standard InChI is InChI=1S/C16H24Si/c1-17(2,3)16-11-12-7-6-10-13(12)14-8-4-5-9-15(14)16/h11H,4-10H2,1-3H3. The van der Waals surface area contributed by atoms with Crippen LogP contribution in [-0.2, 0) is 25.7 Å². The molecule has 0 nitrogen and oxygen atoms in total. The lowest BCUT2D eigenvalue weighted by molar-refractivity contribution is 0.682. The van der Waals surface area contributed by atoms with Gasteiger partial charge in [0.1, 0.15) is 0 Å². The van der Waals surface area contributed by atoms with Crippen molar-refractivity contribution in [1.29, 1.82) is 0 Å². The average molecular weight is 244 g/mol. The zero-order valence-electron chi connectivity index (χ0n) is 11.5. The normalized spacial score (nSPS) is 19.0. The number of benzene rings is 1. The van der Waals surface area contributed by atoms with Crippen LogP contribution in [-0.4, -0.2) is 8.07 Å². The maximum atomic E-state index is 2.61. The van der Waals surface area contributed by atoms with Crippen LogP contribution in [0.5, 0.6) is 0 Å². The summed E-state index contributed by atoms with van der Waals surface area (Å²) in [4.78, 5) is 0. The van der Waals surface area contributed by atoms with Crippen LogP contribution in [0, 0.1) is 0 Å². The lowest BCUT2D eigenvalue weighted by Crippen LogP contribution is -2.42. The van der Waals surface area contributed by atoms with Crippen molar-refractivity contribution in [2.24, 2.45) is 0 Å². The Morgan fingerprint density at radius 3 is 2.12 bits per heavy atom. The third-order valence-electron chi connectivity index (χ3n) is 4.54. The van der Waals surface area contributed by atoms with Gasteiger partial charge in [0.15, 0.2) is 0 Å². The first-order valence-corrected chi connectivity index (χ1v) is 10.7. The predicted molar refractivity (Wildman–Crippen MR) is 78.1 cm³/mol. The van der Waals surface area contributed by atoms with Gasteiger partial charge in [-0.3, -0.25) is 0 Å². The van der Waals surface area contributed by atoms with Gasteiger partial charge in [0.05, 0.1) is 8.07 Å². The Hall–Kier alpha value is -0.563. The molecule has 0 heterocycles. The lowest BCUT2D eigenvalue weighted by Gasteiger charge is -2.29. The Balaban J connectivity index is 2.23. The molecule has 0 atom stereocenters. The predicted octanol–water partition coefficient (Wildman–Crippen LogP) is 3.60. The van der Waals surface area contributed by atoms with E-state index in [4.69, 9.17) is 0 Å². The molecule has 92 valence electrons. The first-order valence-electron chi connectivity index (χ1n) is 7.24. The van der Waals surface area contributed by atoms with Gasteiger partial charge in [-0.05, 0) is 67.2 Å². The van der Waals surface area contributed by atoms with E-state index < -0.39 is 8.07 Å². The summed E-state index contributed by atoms with van der Waals surface area (Å²) in [6, 6.07) is 2.61. The van der Waals surface area contributed by atoms with Gasteiger partial charge >= 0.3 is 0 Å². The van der Waals surface area contributed by atoms with Crippen LogP contribution >= 0.6 is 0 Å². The molecule has 0 saturated carbocycles. The van der Waals surface area contributed by atoms with Crippen molar-refractivity contribution in [3.8, 4) is 0 Å². The summed E-state index contributed by atoms with van der Waals surface area (Å²) in [7, 11) is -1.16. The van der Waals surface area contributed by atoms with E-state index in [9.17, 15) is 0 Å². The molecule has 1 heteroatoms. The summed E-state index contributed by atoms with van der Waals surface area (Å²) < 4.78 is 0. The molecule has 0 fully saturated rings. The Labute approximate surface area is 106 Å². The van der Waals surface area contributed by atoms with E-state index in [0.717, 1.165) is 0 Å². The van der Waals surface area contributed by atoms with Crippen LogP contribution in [0.3, 0.4) is 0 Å². The number of hydrogen-bond acceptors (Lipinski definition) is 0. The van der Waals surface area contributed by atoms with Gasteiger partial charge in [-0.15, -0.1) is 0 Å². The minimum Gasteiger partial charge on any atom is -0.0656 e. The second-order valence-corrected chi connectivity index (χ2v) is 11.9. The fourth-order valence-corrected chi connectivity index (χ4v) is 5.53. The molecule has 0 aliphatic heterocycles. The van der Waals surface area contributed by atoms with E-state index in [1.165, 1.54) is 44.9 Å². The van der Waals surface area contributed by atoms with Crippen molar-refractivity contribution >= 4 is 13.3 Å². The molecule has 0 radical (unpaired) electrons. The summed E-state index contributed by atoms with van der Waals surface area (Å²) in [6.07, 6.45) is 9.69. The summed E-state index contributed by atoms with van der Waals surface area (Å²) in [5, 5.41) is 1.79. The molecule has 17 heavy (non-hydrogen) atoms. The molecular weight excluding hydrogens is 220 g/mol. The van der Waals surface area contributed by atoms with Gasteiger partial charge in [-0.1, -0.05) is 30.9 Å². The number of hydrogen-bond donors (Lipinski definition) is 0. The SMILES string of the molecule is C[Si](C)(C)c1cc2c(c3c1CCCC3)CCC2. The zero-order valence-corrected chi connectivity index (χ0v) is 12.5. The van der Waals surface area contributed by atoms with Gasteiger partial charge < -0.3 is 0 Å². The Morgan fingerprint density at radius 2 is 1.41 bits per heavy atom. The van der Waals surface area contributed by atoms with Crippen molar-refractivity contribution in [3.63, 3.8) is 0 Å². The van der Waals surface area contributed by atoms with Gasteiger partial charge in [0.25, 0.3) is 0 Å². The topological polar surface area (TPSA) is 0 Å². The van der Waals surface area contributed by atoms with Crippen molar-refractivity contribution in [2.75, 3.05) is 0 Å². The molecule has 2 aliphatic rings. The van der Waals surface area contributed by atoms with Crippen LogP contribution in [0.15, 0.2) is 6.07 Å². The molecule has 0 amide bonds. The molecule has 1 aromatic carbocycles. The molecule has 1 aromatic rings. The molecular formula is C16H24Si. The van der Waals surface area contributed by atoms with Crippen LogP contribution < -0.4 is 5.19 Å². The smallest absolute Gasteiger partial charge is 0.0656 e. The van der Waals surface area contributed by atoms with Crippen molar-refractivity contribution in [2.45, 2.75) is 64.6 Å². The summed E-state index contributed by atoms with van der Waals surface area (Å²) in [5.41, 5.74) is 7.06. The minimum absolute atomic E-state index is 1.16. The van der Waals surface area contributed by atoms with Crippen LogP contribution in [0.4, 0.5) is 0 Å². The van der Waals surface area contributed by atoms with Crippen LogP contribution in [0.2, 0.25) is 19.6 Å². The second kappa shape index (κ2) is 3.98. The number of rotatable bonds is 1. The monoisotopic (exact) mass is 244 g/mol. The van der Waals surface area contributed by atoms with E-state index in [2.05, 4.69) is 25.7 Å². The highest BCUT2D eigenvalue weighted by molar-refractivity contribution is 6.89. The first kappa shape index (κ1) is 11.5. The summed E-state index contributed by atoms with van der Waals surface area (Å²) >= 11 is 0. The second-order valence-electron chi connectivity index (χ2n) is 6.83. The van der Waals surface area contributed by atoms with E-state index >= 15 is 0 Å². The summed E-state index contributed by atoms with van der Waals surface area (Å²) in [6.45, 7) is 7.54. The van der Waals surface area contributed by atoms with Crippen molar-refractivity contribution in [1.82, 2.24) is 0 Å². The molecule has 0 saturated heterocycles. The maximum absolute atomic E-state index is 2.61. The first-order chi connectivity index (χ1) is 8.07. The third kappa shape index (κ3) is 1.89. The minimum atomic E-state index is -1.16. The fourth-order valence-electron chi connectivity index (χ4n) is 3.74. The maximum Gasteiger partial charge on any atom is 0.0779 e. The highest BCUT2D eigenvalue weighted by Gasteiger charge is 2.28. The van der Waals surface area contributed by atoms with Crippen LogP contribution in [0.25, 0.3) is 0 Å². The molecule has 3 rings (SSSR count). The molecule has 0 aromatic heterocycles. The van der Waals surface area contributed by atoms with Crippen molar-refractivity contribution in [3.05, 3.63) is 28.3 Å². The molecule has 0 N–H and O–H groups in total. The molecule has 0 unspecified atom stereocenters. The average Bonchev–Trinajstić information content (AvgIpc) is 2.74. The van der Waals surface area contributed by atoms with E-state index in [0.29, 0.717) is 0 Å². The quantitative estimate of drug-likeness (QED) is 0.662. The summed E-state index contributed by atoms with van der Waals surface area (Å²) in [5.74, 6) is 0. The highest BCUT2D eigenvalue weighted by atomic mass is 28.3. The Bertz CT molecular complexity index is 452. The fraction of sp³-hybridized carbons (Fsp3) is 0.625. The van der Waals surface area contributed by atoms with E-state index in [-0.39, 0.29) is 0 Å². The van der Waals surface area contributed by atoms with E-state index in [1.807, 2.05) is 0 Å². The van der Waals surface area contributed by atoms with Crippen molar-refractivity contribution < 1.29 is 0 Å². The Kier molecular flexibility index (Phi) is 2.70. The van der Waals surface area contributed by atoms with Crippen LogP contribution in [0.1, 0.15) is 41.5 Å². The third-order valence-corrected chi connectivity index (χ3v) is 6.61. The van der Waals surface area contributed by atoms with Gasteiger partial charge in [0, 0.05) is 0 Å². The van der Waals surface area contributed by atoms with Gasteiger partial charge in [0.2, 0.25) is 0 Å². The largest absolute Gasteiger partial charge is 0.0779 e. The molecule has 0 spiro atoms. The zero-order chi connectivity index (χ0) is 12.0. The Morgan fingerprint density at radius 1 is 0.765 bits per heavy atom. The van der Waals surface area contributed by atoms with E-state index in [1.54, 1.807) is 27.4 Å². The van der Waals surface area contributed by atoms with Gasteiger partial charge in [-0.2, -0.15) is 0 Å². The molecule has 0 bridgehead atoms. The lowest BCUT2D eigenvalue weighted by atomic mass is 9.86. The number of fused-ring (bicyclic) bond motifs is 3. The number of aryl methyl sites for hydroxylation is 1. The highest BCUT2D eigenvalue weighted by Crippen LogP contribution is 2.32.